The quantitative estimate of drug-likeness (QED) is 0.762. The van der Waals surface area contributed by atoms with Crippen LogP contribution >= 0.6 is 0 Å². The Labute approximate surface area is 78.2 Å². The third-order valence-electron chi connectivity index (χ3n) is 2.15. The van der Waals surface area contributed by atoms with Gasteiger partial charge in [-0.3, -0.25) is 4.79 Å². The fraction of sp³-hybridized carbons (Fsp3) is 0.364. The number of hydrogen-bond acceptors (Lipinski definition) is 2. The zero-order valence-electron chi connectivity index (χ0n) is 7.95. The molecule has 2 heteroatoms. The second-order valence-corrected chi connectivity index (χ2v) is 3.49. The SMILES string of the molecule is CC(=O)[C@@](C)(O)Cc1ccccc1. The molecule has 1 aromatic rings. The molecular formula is C11H14O2. The summed E-state index contributed by atoms with van der Waals surface area (Å²) >= 11 is 0. The molecule has 0 spiro atoms. The molecule has 0 saturated heterocycles. The van der Waals surface area contributed by atoms with Crippen LogP contribution in [0.4, 0.5) is 0 Å². The van der Waals surface area contributed by atoms with Crippen molar-refractivity contribution in [3.8, 4) is 0 Å². The van der Waals surface area contributed by atoms with Gasteiger partial charge in [-0.25, -0.2) is 0 Å². The molecule has 0 heterocycles. The fourth-order valence-corrected chi connectivity index (χ4v) is 1.12. The summed E-state index contributed by atoms with van der Waals surface area (Å²) in [6.45, 7) is 2.95. The van der Waals surface area contributed by atoms with E-state index in [1.165, 1.54) is 6.92 Å². The maximum Gasteiger partial charge on any atom is 0.161 e. The summed E-state index contributed by atoms with van der Waals surface area (Å²) in [5.74, 6) is -0.198. The van der Waals surface area contributed by atoms with Crippen LogP contribution in [0.1, 0.15) is 19.4 Å². The first-order valence-electron chi connectivity index (χ1n) is 4.30. The van der Waals surface area contributed by atoms with E-state index in [1.807, 2.05) is 30.3 Å². The molecule has 0 aliphatic heterocycles. The first-order valence-corrected chi connectivity index (χ1v) is 4.30. The van der Waals surface area contributed by atoms with Crippen molar-refractivity contribution < 1.29 is 9.90 Å². The van der Waals surface area contributed by atoms with Crippen molar-refractivity contribution in [3.05, 3.63) is 35.9 Å². The van der Waals surface area contributed by atoms with Crippen molar-refractivity contribution >= 4 is 5.78 Å². The van der Waals surface area contributed by atoms with Gasteiger partial charge < -0.3 is 5.11 Å². The zero-order valence-corrected chi connectivity index (χ0v) is 7.95. The van der Waals surface area contributed by atoms with E-state index < -0.39 is 5.60 Å². The summed E-state index contributed by atoms with van der Waals surface area (Å²) in [6, 6.07) is 9.50. The second kappa shape index (κ2) is 3.71. The van der Waals surface area contributed by atoms with Crippen LogP contribution in [0.5, 0.6) is 0 Å². The predicted octanol–water partition coefficient (Wildman–Crippen LogP) is 1.57. The fourth-order valence-electron chi connectivity index (χ4n) is 1.12. The molecule has 0 saturated carbocycles. The highest BCUT2D eigenvalue weighted by Crippen LogP contribution is 2.13. The van der Waals surface area contributed by atoms with Gasteiger partial charge >= 0.3 is 0 Å². The minimum atomic E-state index is -1.23. The highest BCUT2D eigenvalue weighted by molar-refractivity contribution is 5.84. The lowest BCUT2D eigenvalue weighted by Gasteiger charge is -2.19. The molecule has 0 radical (unpaired) electrons. The monoisotopic (exact) mass is 178 g/mol. The number of rotatable bonds is 3. The number of Topliss-reactive ketones (excluding diaryl/α,β-unsaturated/α-hetero) is 1. The first kappa shape index (κ1) is 9.93. The van der Waals surface area contributed by atoms with Crippen LogP contribution in [-0.2, 0) is 11.2 Å². The average molecular weight is 178 g/mol. The number of hydrogen-bond donors (Lipinski definition) is 1. The third kappa shape index (κ3) is 2.67. The van der Waals surface area contributed by atoms with Crippen molar-refractivity contribution in [3.63, 3.8) is 0 Å². The van der Waals surface area contributed by atoms with E-state index in [4.69, 9.17) is 0 Å². The molecule has 0 fully saturated rings. The Morgan fingerprint density at radius 3 is 2.38 bits per heavy atom. The van der Waals surface area contributed by atoms with Crippen molar-refractivity contribution in [2.75, 3.05) is 0 Å². The zero-order chi connectivity index (χ0) is 9.90. The second-order valence-electron chi connectivity index (χ2n) is 3.49. The van der Waals surface area contributed by atoms with Crippen LogP contribution in [0.3, 0.4) is 0 Å². The Morgan fingerprint density at radius 2 is 1.92 bits per heavy atom. The number of carbonyl (C=O) groups is 1. The number of benzene rings is 1. The normalized spacial score (nSPS) is 15.0. The molecule has 1 N–H and O–H groups in total. The number of aliphatic hydroxyl groups is 1. The lowest BCUT2D eigenvalue weighted by atomic mass is 9.93. The maximum atomic E-state index is 11.0. The third-order valence-corrected chi connectivity index (χ3v) is 2.15. The molecule has 1 aromatic carbocycles. The van der Waals surface area contributed by atoms with E-state index in [0.717, 1.165) is 5.56 Å². The van der Waals surface area contributed by atoms with Crippen molar-refractivity contribution in [1.82, 2.24) is 0 Å². The standard InChI is InChI=1S/C11H14O2/c1-9(12)11(2,13)8-10-6-4-3-5-7-10/h3-7,13H,8H2,1-2H3/t11-/m0/s1. The predicted molar refractivity (Wildman–Crippen MR) is 51.5 cm³/mol. The molecule has 0 aliphatic rings. The van der Waals surface area contributed by atoms with Crippen LogP contribution < -0.4 is 0 Å². The Kier molecular flexibility index (Phi) is 2.83. The summed E-state index contributed by atoms with van der Waals surface area (Å²) in [7, 11) is 0. The van der Waals surface area contributed by atoms with Crippen LogP contribution in [0, 0.1) is 0 Å². The molecule has 0 aliphatic carbocycles. The van der Waals surface area contributed by atoms with Crippen LogP contribution in [0.2, 0.25) is 0 Å². The smallest absolute Gasteiger partial charge is 0.161 e. The van der Waals surface area contributed by atoms with Crippen molar-refractivity contribution in [1.29, 1.82) is 0 Å². The maximum absolute atomic E-state index is 11.0. The van der Waals surface area contributed by atoms with Gasteiger partial charge in [-0.1, -0.05) is 30.3 Å². The van der Waals surface area contributed by atoms with Gasteiger partial charge in [0.1, 0.15) is 5.60 Å². The number of ketones is 1. The van der Waals surface area contributed by atoms with Gasteiger partial charge in [0.25, 0.3) is 0 Å². The topological polar surface area (TPSA) is 37.3 Å². The van der Waals surface area contributed by atoms with Gasteiger partial charge in [0.2, 0.25) is 0 Å². The molecular weight excluding hydrogens is 164 g/mol. The van der Waals surface area contributed by atoms with Gasteiger partial charge in [-0.05, 0) is 19.4 Å². The minimum absolute atomic E-state index is 0.198. The highest BCUT2D eigenvalue weighted by Gasteiger charge is 2.26. The molecule has 13 heavy (non-hydrogen) atoms. The van der Waals surface area contributed by atoms with Crippen LogP contribution in [-0.4, -0.2) is 16.5 Å². The molecule has 0 amide bonds. The van der Waals surface area contributed by atoms with Gasteiger partial charge in [0.05, 0.1) is 0 Å². The molecule has 0 unspecified atom stereocenters. The van der Waals surface area contributed by atoms with Crippen molar-refractivity contribution in [2.45, 2.75) is 25.9 Å². The first-order chi connectivity index (χ1) is 6.02. The van der Waals surface area contributed by atoms with Crippen LogP contribution in [0.15, 0.2) is 30.3 Å². The highest BCUT2D eigenvalue weighted by atomic mass is 16.3. The summed E-state index contributed by atoms with van der Waals surface area (Å²) < 4.78 is 0. The van der Waals surface area contributed by atoms with E-state index in [9.17, 15) is 9.90 Å². The van der Waals surface area contributed by atoms with E-state index in [1.54, 1.807) is 6.92 Å². The lowest BCUT2D eigenvalue weighted by molar-refractivity contribution is -0.133. The van der Waals surface area contributed by atoms with Gasteiger partial charge in [-0.15, -0.1) is 0 Å². The Balaban J connectivity index is 2.75. The molecule has 1 rings (SSSR count). The van der Waals surface area contributed by atoms with Gasteiger partial charge in [0, 0.05) is 6.42 Å². The Hall–Kier alpha value is -1.15. The largest absolute Gasteiger partial charge is 0.382 e. The van der Waals surface area contributed by atoms with Gasteiger partial charge in [-0.2, -0.15) is 0 Å². The molecule has 0 aromatic heterocycles. The lowest BCUT2D eigenvalue weighted by Crippen LogP contribution is -2.35. The molecule has 70 valence electrons. The Morgan fingerprint density at radius 1 is 1.38 bits per heavy atom. The number of carbonyl (C=O) groups excluding carboxylic acids is 1. The summed E-state index contributed by atoms with van der Waals surface area (Å²) in [6.07, 6.45) is 0.378. The van der Waals surface area contributed by atoms with E-state index in [2.05, 4.69) is 0 Å². The van der Waals surface area contributed by atoms with E-state index in [-0.39, 0.29) is 5.78 Å². The van der Waals surface area contributed by atoms with E-state index >= 15 is 0 Å². The summed E-state index contributed by atoms with van der Waals surface area (Å²) in [4.78, 5) is 11.0. The van der Waals surface area contributed by atoms with Crippen molar-refractivity contribution in [2.24, 2.45) is 0 Å². The van der Waals surface area contributed by atoms with E-state index in [0.29, 0.717) is 6.42 Å². The summed E-state index contributed by atoms with van der Waals surface area (Å²) in [5.41, 5.74) is -0.260. The Bertz CT molecular complexity index is 288. The average Bonchev–Trinajstić information content (AvgIpc) is 2.05. The molecule has 1 atom stereocenters. The minimum Gasteiger partial charge on any atom is -0.382 e. The summed E-state index contributed by atoms with van der Waals surface area (Å²) in [5, 5.41) is 9.70. The van der Waals surface area contributed by atoms with Crippen LogP contribution in [0.25, 0.3) is 0 Å². The van der Waals surface area contributed by atoms with Gasteiger partial charge in [0.15, 0.2) is 5.78 Å². The molecule has 0 bridgehead atoms. The molecule has 2 nitrogen and oxygen atoms in total.